The van der Waals surface area contributed by atoms with Crippen molar-refractivity contribution in [1.29, 1.82) is 0 Å². The first-order valence-electron chi connectivity index (χ1n) is 6.17. The number of aliphatic hydroxyl groups excluding tert-OH is 1. The van der Waals surface area contributed by atoms with E-state index in [1.165, 1.54) is 0 Å². The first-order valence-corrected chi connectivity index (χ1v) is 7.72. The topological polar surface area (TPSA) is 72.7 Å². The zero-order valence-corrected chi connectivity index (χ0v) is 11.9. The highest BCUT2D eigenvalue weighted by atomic mass is 32.3. The summed E-state index contributed by atoms with van der Waals surface area (Å²) in [5.74, 6) is 0.413. The van der Waals surface area contributed by atoms with Gasteiger partial charge in [-0.3, -0.25) is 9.11 Å². The minimum atomic E-state index is -3.02. The molecular formula is C13H23NO3S. The van der Waals surface area contributed by atoms with Crippen LogP contribution in [-0.4, -0.2) is 26.9 Å². The summed E-state index contributed by atoms with van der Waals surface area (Å²) in [6.07, 6.45) is 0.0144. The molecule has 4 nitrogen and oxygen atoms in total. The Morgan fingerprint density at radius 1 is 1.17 bits per heavy atom. The van der Waals surface area contributed by atoms with Crippen molar-refractivity contribution in [2.24, 2.45) is 0 Å². The van der Waals surface area contributed by atoms with Gasteiger partial charge in [0.25, 0.3) is 0 Å². The van der Waals surface area contributed by atoms with Crippen molar-refractivity contribution in [3.05, 3.63) is 29.8 Å². The van der Waals surface area contributed by atoms with Crippen LogP contribution >= 0.6 is 10.8 Å². The van der Waals surface area contributed by atoms with Crippen molar-refractivity contribution >= 4 is 10.8 Å². The van der Waals surface area contributed by atoms with Crippen LogP contribution in [0.1, 0.15) is 38.7 Å². The second-order valence-corrected chi connectivity index (χ2v) is 6.54. The van der Waals surface area contributed by atoms with E-state index in [2.05, 4.69) is 18.6 Å². The monoisotopic (exact) mass is 273 g/mol. The predicted molar refractivity (Wildman–Crippen MR) is 75.9 cm³/mol. The molecule has 104 valence electrons. The Labute approximate surface area is 111 Å². The summed E-state index contributed by atoms with van der Waals surface area (Å²) in [4.78, 5) is 0.454. The van der Waals surface area contributed by atoms with Crippen LogP contribution in [0, 0.1) is 0 Å². The quantitative estimate of drug-likeness (QED) is 0.642. The van der Waals surface area contributed by atoms with E-state index in [1.54, 1.807) is 12.1 Å². The zero-order chi connectivity index (χ0) is 13.8. The van der Waals surface area contributed by atoms with Crippen LogP contribution < -0.4 is 4.72 Å². The van der Waals surface area contributed by atoms with Crippen LogP contribution in [-0.2, 0) is 0 Å². The standard InChI is InChI=1S/C13H23NO3S/c1-4-12(15)9-14-18(16,17)13-7-5-11(6-8-13)10(2)3/h5-8,10,12,14-17H,4,9H2,1-3H3. The fourth-order valence-electron chi connectivity index (χ4n) is 1.48. The minimum Gasteiger partial charge on any atom is -0.392 e. The lowest BCUT2D eigenvalue weighted by atomic mass is 10.0. The lowest BCUT2D eigenvalue weighted by molar-refractivity contribution is 0.173. The molecule has 0 heterocycles. The van der Waals surface area contributed by atoms with E-state index in [-0.39, 0.29) is 6.54 Å². The number of nitrogens with one attached hydrogen (secondary N) is 1. The van der Waals surface area contributed by atoms with Gasteiger partial charge in [0.1, 0.15) is 0 Å². The smallest absolute Gasteiger partial charge is 0.0750 e. The van der Waals surface area contributed by atoms with Crippen molar-refractivity contribution in [2.75, 3.05) is 6.54 Å². The second kappa shape index (κ2) is 6.54. The molecule has 0 aliphatic rings. The van der Waals surface area contributed by atoms with E-state index in [9.17, 15) is 14.2 Å². The van der Waals surface area contributed by atoms with Crippen LogP contribution in [0.2, 0.25) is 0 Å². The van der Waals surface area contributed by atoms with Gasteiger partial charge in [0.2, 0.25) is 0 Å². The van der Waals surface area contributed by atoms with Gasteiger partial charge >= 0.3 is 0 Å². The van der Waals surface area contributed by atoms with E-state index in [1.807, 2.05) is 19.1 Å². The van der Waals surface area contributed by atoms with Crippen molar-refractivity contribution in [3.8, 4) is 0 Å². The Morgan fingerprint density at radius 2 is 1.72 bits per heavy atom. The molecule has 0 aliphatic carbocycles. The van der Waals surface area contributed by atoms with Crippen LogP contribution in [0.15, 0.2) is 29.2 Å². The fourth-order valence-corrected chi connectivity index (χ4v) is 2.59. The summed E-state index contributed by atoms with van der Waals surface area (Å²) >= 11 is 0. The molecule has 1 aromatic carbocycles. The highest BCUT2D eigenvalue weighted by Crippen LogP contribution is 2.43. The largest absolute Gasteiger partial charge is 0.392 e. The highest BCUT2D eigenvalue weighted by molar-refractivity contribution is 8.22. The van der Waals surface area contributed by atoms with Crippen molar-refractivity contribution in [2.45, 2.75) is 44.1 Å². The molecule has 0 saturated carbocycles. The average molecular weight is 273 g/mol. The Balaban J connectivity index is 2.72. The first kappa shape index (κ1) is 15.5. The molecule has 1 atom stereocenters. The van der Waals surface area contributed by atoms with Gasteiger partial charge in [0, 0.05) is 6.54 Å². The molecule has 1 rings (SSSR count). The van der Waals surface area contributed by atoms with Crippen LogP contribution in [0.25, 0.3) is 0 Å². The maximum absolute atomic E-state index is 9.98. The van der Waals surface area contributed by atoms with E-state index in [0.717, 1.165) is 5.56 Å². The Morgan fingerprint density at radius 3 is 2.17 bits per heavy atom. The number of aliphatic hydroxyl groups is 1. The third kappa shape index (κ3) is 4.26. The van der Waals surface area contributed by atoms with Crippen molar-refractivity contribution in [3.63, 3.8) is 0 Å². The molecule has 0 bridgehead atoms. The molecule has 1 unspecified atom stereocenters. The molecular weight excluding hydrogens is 250 g/mol. The summed E-state index contributed by atoms with van der Waals surface area (Å²) in [7, 11) is -3.02. The molecule has 18 heavy (non-hydrogen) atoms. The van der Waals surface area contributed by atoms with E-state index >= 15 is 0 Å². The van der Waals surface area contributed by atoms with Gasteiger partial charge in [-0.15, -0.1) is 10.8 Å². The van der Waals surface area contributed by atoms with Crippen LogP contribution in [0.4, 0.5) is 0 Å². The van der Waals surface area contributed by atoms with Gasteiger partial charge in [0.05, 0.1) is 11.0 Å². The molecule has 0 saturated heterocycles. The number of benzene rings is 1. The van der Waals surface area contributed by atoms with Gasteiger partial charge in [-0.2, -0.15) is 0 Å². The van der Waals surface area contributed by atoms with Gasteiger partial charge < -0.3 is 5.11 Å². The minimum absolute atomic E-state index is 0.171. The third-order valence-electron chi connectivity index (χ3n) is 2.87. The summed E-state index contributed by atoms with van der Waals surface area (Å²) in [5, 5.41) is 9.41. The van der Waals surface area contributed by atoms with Crippen LogP contribution in [0.5, 0.6) is 0 Å². The van der Waals surface area contributed by atoms with E-state index in [4.69, 9.17) is 0 Å². The lowest BCUT2D eigenvalue weighted by Gasteiger charge is -2.34. The van der Waals surface area contributed by atoms with Gasteiger partial charge in [-0.25, -0.2) is 4.72 Å². The Bertz CT molecular complexity index is 365. The molecule has 5 heteroatoms. The lowest BCUT2D eigenvalue weighted by Crippen LogP contribution is -2.29. The molecule has 0 radical (unpaired) electrons. The Hall–Kier alpha value is -0.590. The maximum Gasteiger partial charge on any atom is 0.0750 e. The molecule has 0 aliphatic heterocycles. The van der Waals surface area contributed by atoms with E-state index < -0.39 is 16.9 Å². The molecule has 0 spiro atoms. The van der Waals surface area contributed by atoms with Gasteiger partial charge in [0.15, 0.2) is 0 Å². The first-order chi connectivity index (χ1) is 8.36. The van der Waals surface area contributed by atoms with Gasteiger partial charge in [-0.1, -0.05) is 32.9 Å². The highest BCUT2D eigenvalue weighted by Gasteiger charge is 2.16. The Kier molecular flexibility index (Phi) is 5.62. The SMILES string of the molecule is CCC(O)CNS(O)(O)c1ccc(C(C)C)cc1. The molecule has 0 fully saturated rings. The summed E-state index contributed by atoms with van der Waals surface area (Å²) in [5.41, 5.74) is 1.16. The molecule has 0 amide bonds. The third-order valence-corrected chi connectivity index (χ3v) is 4.37. The van der Waals surface area contributed by atoms with E-state index in [0.29, 0.717) is 17.2 Å². The normalized spacial score (nSPS) is 14.8. The van der Waals surface area contributed by atoms with Crippen LogP contribution in [0.3, 0.4) is 0 Å². The zero-order valence-electron chi connectivity index (χ0n) is 11.1. The van der Waals surface area contributed by atoms with Gasteiger partial charge in [-0.05, 0) is 30.0 Å². The van der Waals surface area contributed by atoms with Crippen molar-refractivity contribution in [1.82, 2.24) is 4.72 Å². The molecule has 1 aromatic rings. The summed E-state index contributed by atoms with van der Waals surface area (Å²) in [6, 6.07) is 7.23. The summed E-state index contributed by atoms with van der Waals surface area (Å²) < 4.78 is 22.6. The fraction of sp³-hybridized carbons (Fsp3) is 0.538. The molecule has 0 aromatic heterocycles. The van der Waals surface area contributed by atoms with Crippen molar-refractivity contribution < 1.29 is 14.2 Å². The summed E-state index contributed by atoms with van der Waals surface area (Å²) in [6.45, 7) is 6.19. The number of rotatable bonds is 6. The second-order valence-electron chi connectivity index (χ2n) is 4.68. The maximum atomic E-state index is 9.98. The molecule has 4 N–H and O–H groups in total. The predicted octanol–water partition coefficient (Wildman–Crippen LogP) is 3.20. The average Bonchev–Trinajstić information content (AvgIpc) is 2.36. The number of hydrogen-bond acceptors (Lipinski definition) is 4. The number of hydrogen-bond donors (Lipinski definition) is 4.